The van der Waals surface area contributed by atoms with Crippen LogP contribution in [-0.4, -0.2) is 34.8 Å². The number of thioether (sulfide) groups is 1. The van der Waals surface area contributed by atoms with Gasteiger partial charge in [-0.25, -0.2) is 0 Å². The Morgan fingerprint density at radius 1 is 1.62 bits per heavy atom. The topological polar surface area (TPSA) is 32.3 Å². The molecule has 0 amide bonds. The minimum atomic E-state index is -0.00106. The molecule has 13 heavy (non-hydrogen) atoms. The van der Waals surface area contributed by atoms with E-state index in [1.165, 1.54) is 12.2 Å². The van der Waals surface area contributed by atoms with Crippen molar-refractivity contribution in [2.75, 3.05) is 18.9 Å². The number of nitrogens with one attached hydrogen (secondary N) is 1. The molecule has 1 saturated heterocycles. The first-order chi connectivity index (χ1) is 6.25. The lowest BCUT2D eigenvalue weighted by Gasteiger charge is -2.41. The Hall–Kier alpha value is 0.270. The zero-order valence-corrected chi connectivity index (χ0v) is 9.49. The number of hydrogen-bond acceptors (Lipinski definition) is 3. The molecule has 0 aromatic carbocycles. The van der Waals surface area contributed by atoms with Gasteiger partial charge < -0.3 is 10.4 Å². The minimum Gasteiger partial charge on any atom is -0.394 e. The molecule has 0 aromatic rings. The number of hydrogen-bond donors (Lipinski definition) is 2. The van der Waals surface area contributed by atoms with Crippen molar-refractivity contribution in [1.82, 2.24) is 5.32 Å². The second kappa shape index (κ2) is 5.23. The van der Waals surface area contributed by atoms with Crippen LogP contribution in [0.25, 0.3) is 0 Å². The summed E-state index contributed by atoms with van der Waals surface area (Å²) in [5.41, 5.74) is -0.00106. The van der Waals surface area contributed by atoms with E-state index >= 15 is 0 Å². The third-order valence-electron chi connectivity index (χ3n) is 2.92. The molecule has 0 aliphatic carbocycles. The minimum absolute atomic E-state index is 0.00106. The Bertz CT molecular complexity index is 154. The summed E-state index contributed by atoms with van der Waals surface area (Å²) in [5, 5.41) is 13.5. The van der Waals surface area contributed by atoms with Crippen LogP contribution in [0.3, 0.4) is 0 Å². The van der Waals surface area contributed by atoms with E-state index in [-0.39, 0.29) is 12.1 Å². The third kappa shape index (κ3) is 2.61. The van der Waals surface area contributed by atoms with Crippen molar-refractivity contribution in [3.63, 3.8) is 0 Å². The van der Waals surface area contributed by atoms with E-state index in [4.69, 9.17) is 0 Å². The van der Waals surface area contributed by atoms with E-state index in [1.807, 2.05) is 11.8 Å². The fourth-order valence-corrected chi connectivity index (χ4v) is 3.14. The van der Waals surface area contributed by atoms with Gasteiger partial charge in [-0.2, -0.15) is 11.8 Å². The van der Waals surface area contributed by atoms with Gasteiger partial charge in [0.2, 0.25) is 0 Å². The molecule has 0 aromatic heterocycles. The lowest BCUT2D eigenvalue weighted by atomic mass is 9.90. The Morgan fingerprint density at radius 3 is 2.92 bits per heavy atom. The molecule has 2 unspecified atom stereocenters. The average molecular weight is 203 g/mol. The largest absolute Gasteiger partial charge is 0.394 e. The Labute approximate surface area is 85.5 Å². The Morgan fingerprint density at radius 2 is 2.38 bits per heavy atom. The molecule has 1 heterocycles. The summed E-state index contributed by atoms with van der Waals surface area (Å²) < 4.78 is 0. The van der Waals surface area contributed by atoms with Crippen LogP contribution in [0, 0.1) is 0 Å². The SMILES string of the molecule is CCCNC1(CO)CCCSC1C. The van der Waals surface area contributed by atoms with E-state index < -0.39 is 0 Å². The van der Waals surface area contributed by atoms with Gasteiger partial charge in [-0.3, -0.25) is 0 Å². The molecule has 1 aliphatic rings. The van der Waals surface area contributed by atoms with Crippen LogP contribution in [0.4, 0.5) is 0 Å². The lowest BCUT2D eigenvalue weighted by molar-refractivity contribution is 0.147. The summed E-state index contributed by atoms with van der Waals surface area (Å²) in [5.74, 6) is 1.25. The summed E-state index contributed by atoms with van der Waals surface area (Å²) >= 11 is 1.98. The molecule has 3 heteroatoms. The van der Waals surface area contributed by atoms with Crippen molar-refractivity contribution in [2.24, 2.45) is 0 Å². The van der Waals surface area contributed by atoms with Gasteiger partial charge >= 0.3 is 0 Å². The van der Waals surface area contributed by atoms with Gasteiger partial charge in [-0.15, -0.1) is 0 Å². The molecule has 1 aliphatic heterocycles. The second-order valence-corrected chi connectivity index (χ2v) is 5.31. The van der Waals surface area contributed by atoms with Crippen LogP contribution in [-0.2, 0) is 0 Å². The quantitative estimate of drug-likeness (QED) is 0.728. The smallest absolute Gasteiger partial charge is 0.0624 e. The van der Waals surface area contributed by atoms with Gasteiger partial charge in [0.25, 0.3) is 0 Å². The normalized spacial score (nSPS) is 34.8. The first-order valence-corrected chi connectivity index (χ1v) is 6.27. The van der Waals surface area contributed by atoms with Gasteiger partial charge in [0.1, 0.15) is 0 Å². The maximum Gasteiger partial charge on any atom is 0.0624 e. The van der Waals surface area contributed by atoms with Gasteiger partial charge in [-0.1, -0.05) is 13.8 Å². The monoisotopic (exact) mass is 203 g/mol. The highest BCUT2D eigenvalue weighted by Crippen LogP contribution is 2.33. The molecular formula is C10H21NOS. The first-order valence-electron chi connectivity index (χ1n) is 5.22. The highest BCUT2D eigenvalue weighted by molar-refractivity contribution is 8.00. The molecule has 1 rings (SSSR count). The first kappa shape index (κ1) is 11.3. The lowest BCUT2D eigenvalue weighted by Crippen LogP contribution is -2.57. The fraction of sp³-hybridized carbons (Fsp3) is 1.00. The van der Waals surface area contributed by atoms with Crippen molar-refractivity contribution >= 4 is 11.8 Å². The average Bonchev–Trinajstić information content (AvgIpc) is 2.17. The molecule has 2 N–H and O–H groups in total. The maximum atomic E-state index is 9.46. The molecule has 2 atom stereocenters. The highest BCUT2D eigenvalue weighted by Gasteiger charge is 2.37. The van der Waals surface area contributed by atoms with Gasteiger partial charge in [0.05, 0.1) is 12.1 Å². The predicted molar refractivity (Wildman–Crippen MR) is 59.3 cm³/mol. The van der Waals surface area contributed by atoms with Crippen LogP contribution in [0.5, 0.6) is 0 Å². The summed E-state index contributed by atoms with van der Waals surface area (Å²) in [4.78, 5) is 0. The summed E-state index contributed by atoms with van der Waals surface area (Å²) in [6.45, 7) is 5.69. The predicted octanol–water partition coefficient (Wildman–Crippen LogP) is 1.63. The molecule has 0 radical (unpaired) electrons. The summed E-state index contributed by atoms with van der Waals surface area (Å²) in [6.07, 6.45) is 3.49. The van der Waals surface area contributed by atoms with Crippen molar-refractivity contribution in [2.45, 2.75) is 43.9 Å². The summed E-state index contributed by atoms with van der Waals surface area (Å²) in [7, 11) is 0. The molecule has 0 spiro atoms. The Kier molecular flexibility index (Phi) is 4.56. The standard InChI is InChI=1S/C10H21NOS/c1-3-6-11-10(8-12)5-4-7-13-9(10)2/h9,11-12H,3-8H2,1-2H3. The molecular weight excluding hydrogens is 182 g/mol. The van der Waals surface area contributed by atoms with Crippen molar-refractivity contribution in [1.29, 1.82) is 0 Å². The fourth-order valence-electron chi connectivity index (χ4n) is 1.88. The second-order valence-electron chi connectivity index (χ2n) is 3.86. The summed E-state index contributed by atoms with van der Waals surface area (Å²) in [6, 6.07) is 0. The Balaban J connectivity index is 2.53. The number of aliphatic hydroxyl groups is 1. The van der Waals surface area contributed by atoms with E-state index in [1.54, 1.807) is 0 Å². The van der Waals surface area contributed by atoms with E-state index in [0.717, 1.165) is 19.4 Å². The van der Waals surface area contributed by atoms with Crippen LogP contribution >= 0.6 is 11.8 Å². The van der Waals surface area contributed by atoms with Crippen molar-refractivity contribution in [3.8, 4) is 0 Å². The van der Waals surface area contributed by atoms with Crippen molar-refractivity contribution in [3.05, 3.63) is 0 Å². The zero-order chi connectivity index (χ0) is 9.73. The highest BCUT2D eigenvalue weighted by atomic mass is 32.2. The number of aliphatic hydroxyl groups excluding tert-OH is 1. The molecule has 0 saturated carbocycles. The zero-order valence-electron chi connectivity index (χ0n) is 8.68. The maximum absolute atomic E-state index is 9.46. The van der Waals surface area contributed by atoms with Crippen LogP contribution in [0.2, 0.25) is 0 Å². The van der Waals surface area contributed by atoms with Gasteiger partial charge in [0, 0.05) is 5.25 Å². The molecule has 2 nitrogen and oxygen atoms in total. The molecule has 1 fully saturated rings. The van der Waals surface area contributed by atoms with Gasteiger partial charge in [-0.05, 0) is 31.6 Å². The van der Waals surface area contributed by atoms with E-state index in [0.29, 0.717) is 5.25 Å². The van der Waals surface area contributed by atoms with E-state index in [2.05, 4.69) is 19.2 Å². The number of rotatable bonds is 4. The molecule has 78 valence electrons. The van der Waals surface area contributed by atoms with Crippen LogP contribution < -0.4 is 5.32 Å². The van der Waals surface area contributed by atoms with Crippen LogP contribution in [0.15, 0.2) is 0 Å². The molecule has 0 bridgehead atoms. The third-order valence-corrected chi connectivity index (χ3v) is 4.40. The van der Waals surface area contributed by atoms with Crippen molar-refractivity contribution < 1.29 is 5.11 Å². The van der Waals surface area contributed by atoms with E-state index in [9.17, 15) is 5.11 Å². The van der Waals surface area contributed by atoms with Crippen LogP contribution in [0.1, 0.15) is 33.1 Å². The van der Waals surface area contributed by atoms with Gasteiger partial charge in [0.15, 0.2) is 0 Å².